The third-order valence-electron chi connectivity index (χ3n) is 2.97. The molecule has 0 bridgehead atoms. The monoisotopic (exact) mass is 260 g/mol. The molecule has 0 radical (unpaired) electrons. The molecule has 2 N–H and O–H groups in total. The van der Waals surface area contributed by atoms with Crippen LogP contribution < -0.4 is 10.2 Å². The number of likely N-dealkylation sites (N-methyl/N-ethyl adjacent to an activating group) is 1. The van der Waals surface area contributed by atoms with Gasteiger partial charge in [-0.15, -0.1) is 0 Å². The molecule has 0 aliphatic rings. The third kappa shape index (κ3) is 2.93. The zero-order chi connectivity index (χ0) is 13.7. The average molecular weight is 260 g/mol. The maximum absolute atomic E-state index is 9.17. The van der Waals surface area contributed by atoms with Gasteiger partial charge in [0, 0.05) is 25.0 Å². The second-order valence-electron chi connectivity index (χ2n) is 4.22. The van der Waals surface area contributed by atoms with Crippen molar-refractivity contribution >= 4 is 22.7 Å². The fraction of sp³-hybridized carbons (Fsp3) is 0.429. The van der Waals surface area contributed by atoms with Crippen LogP contribution in [0.3, 0.4) is 0 Å². The van der Waals surface area contributed by atoms with Crippen LogP contribution in [0.15, 0.2) is 24.3 Å². The first-order chi connectivity index (χ1) is 9.30. The van der Waals surface area contributed by atoms with Gasteiger partial charge in [-0.05, 0) is 26.0 Å². The number of rotatable bonds is 6. The lowest BCUT2D eigenvalue weighted by Crippen LogP contribution is -2.27. The molecule has 5 heteroatoms. The number of hydrogen-bond donors (Lipinski definition) is 2. The van der Waals surface area contributed by atoms with Crippen molar-refractivity contribution in [1.29, 1.82) is 0 Å². The molecule has 0 unspecified atom stereocenters. The van der Waals surface area contributed by atoms with E-state index in [4.69, 9.17) is 0 Å². The summed E-state index contributed by atoms with van der Waals surface area (Å²) in [6.07, 6.45) is 0. The summed E-state index contributed by atoms with van der Waals surface area (Å²) < 4.78 is 0. The quantitative estimate of drug-likeness (QED) is 0.830. The zero-order valence-electron chi connectivity index (χ0n) is 11.4. The molecule has 0 fully saturated rings. The van der Waals surface area contributed by atoms with Crippen molar-refractivity contribution in [2.24, 2.45) is 0 Å². The predicted molar refractivity (Wildman–Crippen MR) is 78.7 cm³/mol. The highest BCUT2D eigenvalue weighted by Gasteiger charge is 2.12. The first kappa shape index (κ1) is 13.5. The Morgan fingerprint density at radius 3 is 2.68 bits per heavy atom. The third-order valence-corrected chi connectivity index (χ3v) is 2.97. The molecular formula is C14H20N4O. The van der Waals surface area contributed by atoms with E-state index < -0.39 is 0 Å². The number of nitrogens with zero attached hydrogens (tertiary/aromatic N) is 3. The van der Waals surface area contributed by atoms with Crippen molar-refractivity contribution < 1.29 is 5.11 Å². The van der Waals surface area contributed by atoms with Crippen molar-refractivity contribution in [3.63, 3.8) is 0 Å². The molecule has 0 amide bonds. The smallest absolute Gasteiger partial charge is 0.225 e. The average Bonchev–Trinajstić information content (AvgIpc) is 2.44. The van der Waals surface area contributed by atoms with Crippen LogP contribution in [-0.4, -0.2) is 41.3 Å². The van der Waals surface area contributed by atoms with Gasteiger partial charge in [-0.3, -0.25) is 0 Å². The molecule has 1 heterocycles. The van der Waals surface area contributed by atoms with Crippen molar-refractivity contribution in [1.82, 2.24) is 9.97 Å². The maximum atomic E-state index is 9.17. The summed E-state index contributed by atoms with van der Waals surface area (Å²) in [7, 11) is 0. The second-order valence-corrected chi connectivity index (χ2v) is 4.22. The molecule has 2 rings (SSSR count). The molecule has 1 aromatic heterocycles. The minimum Gasteiger partial charge on any atom is -0.395 e. The lowest BCUT2D eigenvalue weighted by atomic mass is 10.2. The van der Waals surface area contributed by atoms with Crippen molar-refractivity contribution in [2.75, 3.05) is 36.5 Å². The topological polar surface area (TPSA) is 61.3 Å². The van der Waals surface area contributed by atoms with Crippen LogP contribution in [0, 0.1) is 0 Å². The molecule has 0 aliphatic carbocycles. The Morgan fingerprint density at radius 2 is 2.00 bits per heavy atom. The predicted octanol–water partition coefficient (Wildman–Crippen LogP) is 1.88. The summed E-state index contributed by atoms with van der Waals surface area (Å²) in [5.41, 5.74) is 0.917. The Balaban J connectivity index is 2.54. The summed E-state index contributed by atoms with van der Waals surface area (Å²) in [4.78, 5) is 11.1. The van der Waals surface area contributed by atoms with Gasteiger partial charge in [0.1, 0.15) is 5.82 Å². The second kappa shape index (κ2) is 6.33. The molecule has 102 valence electrons. The highest BCUT2D eigenvalue weighted by atomic mass is 16.3. The van der Waals surface area contributed by atoms with E-state index in [0.29, 0.717) is 12.5 Å². The van der Waals surface area contributed by atoms with Crippen LogP contribution in [0.25, 0.3) is 10.9 Å². The van der Waals surface area contributed by atoms with Gasteiger partial charge in [-0.2, -0.15) is 4.98 Å². The standard InChI is InChI=1S/C14H20N4O/c1-3-15-14-16-12-8-6-5-7-11(12)13(17-14)18(4-2)9-10-19/h5-8,19H,3-4,9-10H2,1-2H3,(H,15,16,17). The summed E-state index contributed by atoms with van der Waals surface area (Å²) >= 11 is 0. The molecule has 0 spiro atoms. The van der Waals surface area contributed by atoms with E-state index in [2.05, 4.69) is 27.1 Å². The first-order valence-electron chi connectivity index (χ1n) is 6.66. The lowest BCUT2D eigenvalue weighted by molar-refractivity contribution is 0.302. The van der Waals surface area contributed by atoms with E-state index in [1.165, 1.54) is 0 Å². The first-order valence-corrected chi connectivity index (χ1v) is 6.66. The lowest BCUT2D eigenvalue weighted by Gasteiger charge is -2.22. The Bertz CT molecular complexity index is 544. The van der Waals surface area contributed by atoms with Gasteiger partial charge in [-0.1, -0.05) is 12.1 Å². The Hall–Kier alpha value is -1.88. The maximum Gasteiger partial charge on any atom is 0.225 e. The van der Waals surface area contributed by atoms with Gasteiger partial charge in [0.15, 0.2) is 0 Å². The number of fused-ring (bicyclic) bond motifs is 1. The molecule has 0 atom stereocenters. The molecule has 0 aliphatic heterocycles. The molecular weight excluding hydrogens is 240 g/mol. The molecule has 19 heavy (non-hydrogen) atoms. The molecule has 5 nitrogen and oxygen atoms in total. The molecule has 0 saturated heterocycles. The van der Waals surface area contributed by atoms with Gasteiger partial charge in [-0.25, -0.2) is 4.98 Å². The van der Waals surface area contributed by atoms with Crippen molar-refractivity contribution in [3.8, 4) is 0 Å². The van der Waals surface area contributed by atoms with E-state index in [0.717, 1.165) is 29.8 Å². The van der Waals surface area contributed by atoms with Crippen LogP contribution in [0.1, 0.15) is 13.8 Å². The van der Waals surface area contributed by atoms with Crippen LogP contribution >= 0.6 is 0 Å². The Morgan fingerprint density at radius 1 is 1.21 bits per heavy atom. The van der Waals surface area contributed by atoms with Gasteiger partial charge < -0.3 is 15.3 Å². The van der Waals surface area contributed by atoms with Crippen LogP contribution in [-0.2, 0) is 0 Å². The summed E-state index contributed by atoms with van der Waals surface area (Å²) in [6, 6.07) is 7.95. The van der Waals surface area contributed by atoms with Gasteiger partial charge in [0.25, 0.3) is 0 Å². The number of hydrogen-bond acceptors (Lipinski definition) is 5. The zero-order valence-corrected chi connectivity index (χ0v) is 11.4. The van der Waals surface area contributed by atoms with E-state index >= 15 is 0 Å². The highest BCUT2D eigenvalue weighted by Crippen LogP contribution is 2.24. The van der Waals surface area contributed by atoms with E-state index in [-0.39, 0.29) is 6.61 Å². The number of aliphatic hydroxyl groups is 1. The Labute approximate surface area is 113 Å². The highest BCUT2D eigenvalue weighted by molar-refractivity contribution is 5.90. The molecule has 0 saturated carbocycles. The summed E-state index contributed by atoms with van der Waals surface area (Å²) in [5.74, 6) is 1.51. The Kier molecular flexibility index (Phi) is 4.52. The van der Waals surface area contributed by atoms with Gasteiger partial charge >= 0.3 is 0 Å². The molecule has 2 aromatic rings. The fourth-order valence-electron chi connectivity index (χ4n) is 2.07. The van der Waals surface area contributed by atoms with Gasteiger partial charge in [0.05, 0.1) is 12.1 Å². The van der Waals surface area contributed by atoms with E-state index in [1.807, 2.05) is 31.2 Å². The summed E-state index contributed by atoms with van der Waals surface area (Å²) in [5, 5.41) is 13.3. The number of anilines is 2. The van der Waals surface area contributed by atoms with Crippen LogP contribution in [0.5, 0.6) is 0 Å². The number of aliphatic hydroxyl groups excluding tert-OH is 1. The van der Waals surface area contributed by atoms with Crippen molar-refractivity contribution in [3.05, 3.63) is 24.3 Å². The number of nitrogens with one attached hydrogen (secondary N) is 1. The number of benzene rings is 1. The van der Waals surface area contributed by atoms with E-state index in [9.17, 15) is 5.11 Å². The summed E-state index contributed by atoms with van der Waals surface area (Å²) in [6.45, 7) is 6.34. The largest absolute Gasteiger partial charge is 0.395 e. The SMILES string of the molecule is CCNc1nc(N(CC)CCO)c2ccccc2n1. The molecule has 1 aromatic carbocycles. The minimum atomic E-state index is 0.114. The van der Waals surface area contributed by atoms with Crippen LogP contribution in [0.2, 0.25) is 0 Å². The fourth-order valence-corrected chi connectivity index (χ4v) is 2.07. The van der Waals surface area contributed by atoms with E-state index in [1.54, 1.807) is 0 Å². The van der Waals surface area contributed by atoms with Crippen molar-refractivity contribution in [2.45, 2.75) is 13.8 Å². The normalized spacial score (nSPS) is 10.7. The van der Waals surface area contributed by atoms with Gasteiger partial charge in [0.2, 0.25) is 5.95 Å². The number of aromatic nitrogens is 2. The number of para-hydroxylation sites is 1. The minimum absolute atomic E-state index is 0.114. The van der Waals surface area contributed by atoms with Crippen LogP contribution in [0.4, 0.5) is 11.8 Å².